The quantitative estimate of drug-likeness (QED) is 0.922. The Morgan fingerprint density at radius 3 is 2.95 bits per heavy atom. The summed E-state index contributed by atoms with van der Waals surface area (Å²) in [6, 6.07) is 13.3. The number of hydrogen-bond acceptors (Lipinski definition) is 3. The zero-order chi connectivity index (χ0) is 15.4. The zero-order valence-corrected chi connectivity index (χ0v) is 12.5. The first-order valence-electron chi connectivity index (χ1n) is 7.65. The van der Waals surface area contributed by atoms with Crippen molar-refractivity contribution in [2.75, 3.05) is 13.1 Å². The first kappa shape index (κ1) is 14.7. The minimum absolute atomic E-state index is 0.376. The maximum atomic E-state index is 11.0. The van der Waals surface area contributed by atoms with Gasteiger partial charge in [0.25, 0.3) is 0 Å². The first-order valence-corrected chi connectivity index (χ1v) is 7.65. The fraction of sp³-hybridized carbons (Fsp3) is 0.333. The molecule has 0 bridgehead atoms. The molecule has 2 heterocycles. The van der Waals surface area contributed by atoms with Crippen LogP contribution < -0.4 is 0 Å². The number of carboxylic acid groups (broad SMARTS) is 1. The van der Waals surface area contributed by atoms with E-state index in [0.717, 1.165) is 43.7 Å². The Hall–Kier alpha value is -2.20. The third-order valence-electron chi connectivity index (χ3n) is 4.18. The van der Waals surface area contributed by atoms with E-state index in [2.05, 4.69) is 16.0 Å². The summed E-state index contributed by atoms with van der Waals surface area (Å²) < 4.78 is 0. The first-order chi connectivity index (χ1) is 10.7. The number of hydrogen-bond donors (Lipinski definition) is 1. The van der Waals surface area contributed by atoms with Crippen molar-refractivity contribution in [3.05, 3.63) is 65.5 Å². The minimum Gasteiger partial charge on any atom is -0.478 e. The normalized spacial score (nSPS) is 18.5. The molecule has 0 spiro atoms. The van der Waals surface area contributed by atoms with Crippen molar-refractivity contribution in [1.29, 1.82) is 0 Å². The van der Waals surface area contributed by atoms with Gasteiger partial charge in [-0.2, -0.15) is 0 Å². The van der Waals surface area contributed by atoms with Gasteiger partial charge in [0, 0.05) is 19.3 Å². The number of pyridine rings is 1. The highest BCUT2D eigenvalue weighted by Crippen LogP contribution is 2.22. The van der Waals surface area contributed by atoms with Gasteiger partial charge in [-0.25, -0.2) is 4.79 Å². The van der Waals surface area contributed by atoms with E-state index in [1.807, 2.05) is 30.5 Å². The maximum absolute atomic E-state index is 11.0. The van der Waals surface area contributed by atoms with Crippen molar-refractivity contribution in [3.63, 3.8) is 0 Å². The summed E-state index contributed by atoms with van der Waals surface area (Å²) in [5.41, 5.74) is 2.60. The van der Waals surface area contributed by atoms with Gasteiger partial charge >= 0.3 is 5.97 Å². The van der Waals surface area contributed by atoms with Crippen LogP contribution in [0.1, 0.15) is 28.0 Å². The molecule has 1 aromatic heterocycles. The van der Waals surface area contributed by atoms with Gasteiger partial charge < -0.3 is 5.11 Å². The van der Waals surface area contributed by atoms with E-state index in [1.54, 1.807) is 12.1 Å². The largest absolute Gasteiger partial charge is 0.478 e. The van der Waals surface area contributed by atoms with E-state index in [1.165, 1.54) is 0 Å². The minimum atomic E-state index is -0.856. The van der Waals surface area contributed by atoms with Crippen LogP contribution in [0.4, 0.5) is 0 Å². The fourth-order valence-electron chi connectivity index (χ4n) is 3.11. The molecule has 1 N–H and O–H groups in total. The van der Waals surface area contributed by atoms with E-state index in [-0.39, 0.29) is 0 Å². The predicted molar refractivity (Wildman–Crippen MR) is 84.7 cm³/mol. The van der Waals surface area contributed by atoms with Gasteiger partial charge in [0.2, 0.25) is 0 Å². The monoisotopic (exact) mass is 296 g/mol. The molecule has 22 heavy (non-hydrogen) atoms. The molecule has 0 unspecified atom stereocenters. The number of rotatable bonds is 5. The van der Waals surface area contributed by atoms with E-state index in [4.69, 9.17) is 5.11 Å². The summed E-state index contributed by atoms with van der Waals surface area (Å²) in [5.74, 6) is -0.266. The molecule has 0 radical (unpaired) electrons. The molecule has 114 valence electrons. The average molecular weight is 296 g/mol. The lowest BCUT2D eigenvalue weighted by molar-refractivity contribution is 0.0696. The lowest BCUT2D eigenvalue weighted by Crippen LogP contribution is -2.21. The molecular formula is C18H20N2O2. The molecule has 1 saturated heterocycles. The number of aromatic nitrogens is 1. The predicted octanol–water partition coefficient (Wildman–Crippen LogP) is 2.84. The summed E-state index contributed by atoms with van der Waals surface area (Å²) in [5, 5.41) is 9.06. The Morgan fingerprint density at radius 2 is 2.18 bits per heavy atom. The number of carboxylic acids is 1. The van der Waals surface area contributed by atoms with E-state index >= 15 is 0 Å². The van der Waals surface area contributed by atoms with Gasteiger partial charge in [-0.1, -0.05) is 18.2 Å². The van der Waals surface area contributed by atoms with Crippen molar-refractivity contribution >= 4 is 5.97 Å². The lowest BCUT2D eigenvalue weighted by atomic mass is 9.97. The van der Waals surface area contributed by atoms with E-state index < -0.39 is 5.97 Å². The highest BCUT2D eigenvalue weighted by atomic mass is 16.4. The van der Waals surface area contributed by atoms with E-state index in [0.29, 0.717) is 11.5 Å². The standard InChI is InChI=1S/C18H20N2O2/c21-18(22)16-5-3-4-14(11-16)10-15-7-9-20(12-15)13-17-6-1-2-8-19-17/h1-6,8,11,15H,7,9-10,12-13H2,(H,21,22)/t15-/m1/s1. The fourth-order valence-corrected chi connectivity index (χ4v) is 3.11. The van der Waals surface area contributed by atoms with Crippen LogP contribution in [-0.2, 0) is 13.0 Å². The van der Waals surface area contributed by atoms with Crippen LogP contribution in [0.5, 0.6) is 0 Å². The van der Waals surface area contributed by atoms with Gasteiger partial charge in [0.05, 0.1) is 11.3 Å². The summed E-state index contributed by atoms with van der Waals surface area (Å²) in [7, 11) is 0. The van der Waals surface area contributed by atoms with Crippen LogP contribution in [0.15, 0.2) is 48.7 Å². The molecule has 3 rings (SSSR count). The number of likely N-dealkylation sites (tertiary alicyclic amines) is 1. The highest BCUT2D eigenvalue weighted by molar-refractivity contribution is 5.87. The van der Waals surface area contributed by atoms with Crippen LogP contribution >= 0.6 is 0 Å². The molecule has 4 heteroatoms. The third kappa shape index (κ3) is 3.71. The number of benzene rings is 1. The molecule has 1 fully saturated rings. The summed E-state index contributed by atoms with van der Waals surface area (Å²) in [6.07, 6.45) is 3.93. The molecular weight excluding hydrogens is 276 g/mol. The van der Waals surface area contributed by atoms with Gasteiger partial charge in [0.15, 0.2) is 0 Å². The molecule has 0 amide bonds. The Labute approximate surface area is 130 Å². The van der Waals surface area contributed by atoms with Crippen LogP contribution in [-0.4, -0.2) is 34.0 Å². The van der Waals surface area contributed by atoms with Gasteiger partial charge in [-0.15, -0.1) is 0 Å². The molecule has 4 nitrogen and oxygen atoms in total. The van der Waals surface area contributed by atoms with Crippen LogP contribution in [0.2, 0.25) is 0 Å². The third-order valence-corrected chi connectivity index (χ3v) is 4.18. The lowest BCUT2D eigenvalue weighted by Gasteiger charge is -2.15. The molecule has 1 aliphatic rings. The smallest absolute Gasteiger partial charge is 0.335 e. The summed E-state index contributed by atoms with van der Waals surface area (Å²) in [6.45, 7) is 3.03. The van der Waals surface area contributed by atoms with Crippen molar-refractivity contribution in [1.82, 2.24) is 9.88 Å². The Kier molecular flexibility index (Phi) is 4.49. The van der Waals surface area contributed by atoms with Crippen LogP contribution in [0, 0.1) is 5.92 Å². The van der Waals surface area contributed by atoms with Crippen LogP contribution in [0.3, 0.4) is 0 Å². The second-order valence-electron chi connectivity index (χ2n) is 5.92. The number of nitrogens with zero attached hydrogens (tertiary/aromatic N) is 2. The van der Waals surface area contributed by atoms with Gasteiger partial charge in [-0.05, 0) is 55.1 Å². The zero-order valence-electron chi connectivity index (χ0n) is 12.5. The molecule has 2 aromatic rings. The SMILES string of the molecule is O=C(O)c1cccc(C[C@H]2CCN(Cc3ccccn3)C2)c1. The summed E-state index contributed by atoms with van der Waals surface area (Å²) in [4.78, 5) is 17.8. The average Bonchev–Trinajstić information content (AvgIpc) is 2.95. The topological polar surface area (TPSA) is 53.4 Å². The van der Waals surface area contributed by atoms with Crippen molar-refractivity contribution in [3.8, 4) is 0 Å². The van der Waals surface area contributed by atoms with Crippen molar-refractivity contribution in [2.24, 2.45) is 5.92 Å². The second-order valence-corrected chi connectivity index (χ2v) is 5.92. The molecule has 1 aromatic carbocycles. The molecule has 0 saturated carbocycles. The number of carbonyl (C=O) groups is 1. The summed E-state index contributed by atoms with van der Waals surface area (Å²) >= 11 is 0. The van der Waals surface area contributed by atoms with Crippen molar-refractivity contribution in [2.45, 2.75) is 19.4 Å². The van der Waals surface area contributed by atoms with Crippen molar-refractivity contribution < 1.29 is 9.90 Å². The number of aromatic carboxylic acids is 1. The Balaban J connectivity index is 1.57. The molecule has 1 aliphatic heterocycles. The van der Waals surface area contributed by atoms with Gasteiger partial charge in [0.1, 0.15) is 0 Å². The maximum Gasteiger partial charge on any atom is 0.335 e. The second kappa shape index (κ2) is 6.71. The molecule has 1 atom stereocenters. The van der Waals surface area contributed by atoms with E-state index in [9.17, 15) is 4.79 Å². The molecule has 0 aliphatic carbocycles. The van der Waals surface area contributed by atoms with Gasteiger partial charge in [-0.3, -0.25) is 9.88 Å². The Morgan fingerprint density at radius 1 is 1.27 bits per heavy atom. The highest BCUT2D eigenvalue weighted by Gasteiger charge is 2.23. The van der Waals surface area contributed by atoms with Crippen LogP contribution in [0.25, 0.3) is 0 Å². The Bertz CT molecular complexity index is 643.